The first-order valence-corrected chi connectivity index (χ1v) is 6.68. The molecule has 5 heteroatoms. The van der Waals surface area contributed by atoms with Crippen molar-refractivity contribution in [3.05, 3.63) is 29.3 Å². The lowest BCUT2D eigenvalue weighted by atomic mass is 10.1. The highest BCUT2D eigenvalue weighted by Crippen LogP contribution is 2.23. The van der Waals surface area contributed by atoms with Gasteiger partial charge in [0.05, 0.1) is 0 Å². The molecule has 0 radical (unpaired) electrons. The summed E-state index contributed by atoms with van der Waals surface area (Å²) in [6, 6.07) is 6.14. The van der Waals surface area contributed by atoms with Gasteiger partial charge in [-0.25, -0.2) is 0 Å². The van der Waals surface area contributed by atoms with Crippen LogP contribution in [0.2, 0.25) is 0 Å². The number of hydrogen-bond donors (Lipinski definition) is 2. The molecular weight excluding hydrogens is 252 g/mol. The van der Waals surface area contributed by atoms with Crippen molar-refractivity contribution in [2.45, 2.75) is 19.1 Å². The molecule has 1 saturated heterocycles. The zero-order chi connectivity index (χ0) is 12.4. The second-order valence-electron chi connectivity index (χ2n) is 4.03. The van der Waals surface area contributed by atoms with Gasteiger partial charge in [0, 0.05) is 12.2 Å². The van der Waals surface area contributed by atoms with Gasteiger partial charge in [0.1, 0.15) is 9.57 Å². The summed E-state index contributed by atoms with van der Waals surface area (Å²) < 4.78 is 0.573. The van der Waals surface area contributed by atoms with Crippen LogP contribution in [0.15, 0.2) is 18.2 Å². The molecule has 1 atom stereocenters. The molecule has 2 rings (SSSR count). The van der Waals surface area contributed by atoms with E-state index in [2.05, 4.69) is 36.6 Å². The third-order valence-corrected chi connectivity index (χ3v) is 4.08. The molecule has 17 heavy (non-hydrogen) atoms. The number of aryl methyl sites for hydroxylation is 2. The van der Waals surface area contributed by atoms with Gasteiger partial charge in [-0.2, -0.15) is 0 Å². The number of thioether (sulfide) groups is 1. The minimum Gasteiger partial charge on any atom is -0.383 e. The monoisotopic (exact) mass is 266 g/mol. The van der Waals surface area contributed by atoms with E-state index in [9.17, 15) is 4.79 Å². The van der Waals surface area contributed by atoms with Gasteiger partial charge in [-0.05, 0) is 25.0 Å². The summed E-state index contributed by atoms with van der Waals surface area (Å²) in [5.74, 6) is -0.00117. The van der Waals surface area contributed by atoms with Crippen LogP contribution in [-0.4, -0.2) is 22.0 Å². The predicted molar refractivity (Wildman–Crippen MR) is 76.5 cm³/mol. The number of carbonyl (C=O) groups excluding carboxylic acids is 1. The van der Waals surface area contributed by atoms with E-state index in [1.165, 1.54) is 22.9 Å². The maximum absolute atomic E-state index is 11.5. The molecule has 1 fully saturated rings. The Bertz CT molecular complexity index is 453. The van der Waals surface area contributed by atoms with Crippen molar-refractivity contribution in [2.75, 3.05) is 11.9 Å². The Morgan fingerprint density at radius 2 is 2.06 bits per heavy atom. The van der Waals surface area contributed by atoms with Crippen molar-refractivity contribution in [1.29, 1.82) is 0 Å². The zero-order valence-corrected chi connectivity index (χ0v) is 11.4. The van der Waals surface area contributed by atoms with Crippen LogP contribution in [0.4, 0.5) is 5.69 Å². The second kappa shape index (κ2) is 5.06. The number of nitrogens with one attached hydrogen (secondary N) is 2. The van der Waals surface area contributed by atoms with Crippen LogP contribution in [0.25, 0.3) is 0 Å². The van der Waals surface area contributed by atoms with E-state index in [1.54, 1.807) is 0 Å². The number of rotatable bonds is 3. The van der Waals surface area contributed by atoms with E-state index in [1.807, 2.05) is 6.07 Å². The number of hydrogen-bond acceptors (Lipinski definition) is 4. The van der Waals surface area contributed by atoms with Crippen molar-refractivity contribution in [3.63, 3.8) is 0 Å². The van der Waals surface area contributed by atoms with Crippen LogP contribution < -0.4 is 10.6 Å². The van der Waals surface area contributed by atoms with E-state index < -0.39 is 0 Å². The molecule has 90 valence electrons. The van der Waals surface area contributed by atoms with E-state index in [0.717, 1.165) is 5.69 Å². The van der Waals surface area contributed by atoms with Crippen LogP contribution >= 0.6 is 24.0 Å². The number of thiocarbonyl (C=S) groups is 1. The normalized spacial score (nSPS) is 19.3. The zero-order valence-electron chi connectivity index (χ0n) is 9.74. The standard InChI is InChI=1S/C12H14N2OS2/c1-7-4-3-5-8(2)10(7)13-6-9-11(15)14-12(16)17-9/h3-5,9,13H,6H2,1-2H3,(H,14,15,16). The average molecular weight is 266 g/mol. The van der Waals surface area contributed by atoms with Gasteiger partial charge in [-0.3, -0.25) is 4.79 Å². The Morgan fingerprint density at radius 1 is 1.41 bits per heavy atom. The van der Waals surface area contributed by atoms with E-state index in [0.29, 0.717) is 10.9 Å². The molecule has 0 aromatic heterocycles. The summed E-state index contributed by atoms with van der Waals surface area (Å²) in [4.78, 5) is 11.5. The Hall–Kier alpha value is -1.07. The van der Waals surface area contributed by atoms with Crippen molar-refractivity contribution in [3.8, 4) is 0 Å². The topological polar surface area (TPSA) is 41.1 Å². The minimum atomic E-state index is -0.124. The molecule has 3 nitrogen and oxygen atoms in total. The molecule has 1 amide bonds. The molecule has 1 unspecified atom stereocenters. The predicted octanol–water partition coefficient (Wildman–Crippen LogP) is 2.23. The smallest absolute Gasteiger partial charge is 0.240 e. The fraction of sp³-hybridized carbons (Fsp3) is 0.333. The van der Waals surface area contributed by atoms with E-state index in [4.69, 9.17) is 12.2 Å². The van der Waals surface area contributed by atoms with Gasteiger partial charge < -0.3 is 10.6 Å². The third-order valence-electron chi connectivity index (χ3n) is 2.71. The summed E-state index contributed by atoms with van der Waals surface area (Å²) in [7, 11) is 0. The fourth-order valence-electron chi connectivity index (χ4n) is 1.82. The largest absolute Gasteiger partial charge is 0.383 e. The lowest BCUT2D eigenvalue weighted by molar-refractivity contribution is -0.118. The van der Waals surface area contributed by atoms with Crippen molar-refractivity contribution in [1.82, 2.24) is 5.32 Å². The van der Waals surface area contributed by atoms with Gasteiger partial charge in [0.25, 0.3) is 0 Å². The number of carbonyl (C=O) groups is 1. The number of para-hydroxylation sites is 1. The molecule has 1 aromatic rings. The molecule has 1 aliphatic rings. The second-order valence-corrected chi connectivity index (χ2v) is 5.91. The number of benzene rings is 1. The first-order chi connectivity index (χ1) is 8.08. The van der Waals surface area contributed by atoms with Crippen LogP contribution in [0.5, 0.6) is 0 Å². The first kappa shape index (κ1) is 12.4. The van der Waals surface area contributed by atoms with Crippen LogP contribution in [0, 0.1) is 13.8 Å². The summed E-state index contributed by atoms with van der Waals surface area (Å²) in [5, 5.41) is 5.86. The molecule has 1 aromatic carbocycles. The average Bonchev–Trinajstić information content (AvgIpc) is 2.57. The molecular formula is C12H14N2OS2. The van der Waals surface area contributed by atoms with Gasteiger partial charge in [0.15, 0.2) is 0 Å². The van der Waals surface area contributed by atoms with Crippen molar-refractivity contribution < 1.29 is 4.79 Å². The molecule has 0 bridgehead atoms. The van der Waals surface area contributed by atoms with Gasteiger partial charge in [-0.1, -0.05) is 42.2 Å². The van der Waals surface area contributed by atoms with Crippen molar-refractivity contribution >= 4 is 39.9 Å². The SMILES string of the molecule is Cc1cccc(C)c1NCC1SC(=S)NC1=O. The third kappa shape index (κ3) is 2.79. The number of amides is 1. The Labute approximate surface area is 110 Å². The lowest BCUT2D eigenvalue weighted by Gasteiger charge is -2.14. The van der Waals surface area contributed by atoms with Crippen molar-refractivity contribution in [2.24, 2.45) is 0 Å². The van der Waals surface area contributed by atoms with Crippen LogP contribution in [-0.2, 0) is 4.79 Å². The molecule has 1 aliphatic heterocycles. The first-order valence-electron chi connectivity index (χ1n) is 5.39. The Kier molecular flexibility index (Phi) is 3.69. The Balaban J connectivity index is 2.03. The summed E-state index contributed by atoms with van der Waals surface area (Å²) in [5.41, 5.74) is 3.49. The van der Waals surface area contributed by atoms with Crippen LogP contribution in [0.3, 0.4) is 0 Å². The summed E-state index contributed by atoms with van der Waals surface area (Å²) in [6.45, 7) is 4.71. The maximum Gasteiger partial charge on any atom is 0.240 e. The minimum absolute atomic E-state index is 0.00117. The molecule has 2 N–H and O–H groups in total. The van der Waals surface area contributed by atoms with Gasteiger partial charge in [0.2, 0.25) is 5.91 Å². The molecule has 0 aliphatic carbocycles. The highest BCUT2D eigenvalue weighted by molar-refractivity contribution is 8.24. The fourth-order valence-corrected chi connectivity index (χ4v) is 3.02. The quantitative estimate of drug-likeness (QED) is 0.823. The van der Waals surface area contributed by atoms with Gasteiger partial charge >= 0.3 is 0 Å². The number of anilines is 1. The molecule has 0 spiro atoms. The maximum atomic E-state index is 11.5. The highest BCUT2D eigenvalue weighted by Gasteiger charge is 2.28. The summed E-state index contributed by atoms with van der Waals surface area (Å²) in [6.07, 6.45) is 0. The van der Waals surface area contributed by atoms with Gasteiger partial charge in [-0.15, -0.1) is 0 Å². The molecule has 0 saturated carbocycles. The van der Waals surface area contributed by atoms with E-state index >= 15 is 0 Å². The van der Waals surface area contributed by atoms with Crippen LogP contribution in [0.1, 0.15) is 11.1 Å². The molecule has 1 heterocycles. The Morgan fingerprint density at radius 3 is 2.59 bits per heavy atom. The lowest BCUT2D eigenvalue weighted by Crippen LogP contribution is -2.29. The summed E-state index contributed by atoms with van der Waals surface area (Å²) >= 11 is 6.37. The highest BCUT2D eigenvalue weighted by atomic mass is 32.2. The van der Waals surface area contributed by atoms with E-state index in [-0.39, 0.29) is 11.2 Å².